The summed E-state index contributed by atoms with van der Waals surface area (Å²) in [6.45, 7) is 10.3. The van der Waals surface area contributed by atoms with E-state index in [-0.39, 0.29) is 22.6 Å². The summed E-state index contributed by atoms with van der Waals surface area (Å²) in [5.41, 5.74) is 0.0844. The highest BCUT2D eigenvalue weighted by molar-refractivity contribution is 5.85. The molecule has 1 fully saturated rings. The molecule has 0 spiro atoms. The van der Waals surface area contributed by atoms with Gasteiger partial charge in [0, 0.05) is 5.39 Å². The van der Waals surface area contributed by atoms with Gasteiger partial charge in [0.1, 0.15) is 5.75 Å². The molecule has 27 heavy (non-hydrogen) atoms. The van der Waals surface area contributed by atoms with E-state index in [1.807, 2.05) is 0 Å². The molecule has 146 valence electrons. The normalized spacial score (nSPS) is 21.3. The number of alkyl halides is 3. The highest BCUT2D eigenvalue weighted by Crippen LogP contribution is 2.40. The van der Waals surface area contributed by atoms with Crippen LogP contribution in [0.15, 0.2) is 30.8 Å². The topological polar surface area (TPSA) is 22.1 Å². The SMILES string of the molecule is C=Cc1cc(C(F)(F)F)c2cc(OC3CCC(C(C)(C)C)CC3)ccc2n1. The monoisotopic (exact) mass is 377 g/mol. The lowest BCUT2D eigenvalue weighted by molar-refractivity contribution is -0.136. The highest BCUT2D eigenvalue weighted by Gasteiger charge is 2.34. The summed E-state index contributed by atoms with van der Waals surface area (Å²) >= 11 is 0. The summed E-state index contributed by atoms with van der Waals surface area (Å²) in [5, 5.41) is 0.0639. The zero-order valence-electron chi connectivity index (χ0n) is 16.1. The van der Waals surface area contributed by atoms with Gasteiger partial charge in [-0.1, -0.05) is 27.4 Å². The number of rotatable bonds is 3. The van der Waals surface area contributed by atoms with Crippen LogP contribution in [0.5, 0.6) is 5.75 Å². The molecule has 0 amide bonds. The van der Waals surface area contributed by atoms with Crippen LogP contribution in [0.25, 0.3) is 17.0 Å². The smallest absolute Gasteiger partial charge is 0.417 e. The Labute approximate surface area is 158 Å². The van der Waals surface area contributed by atoms with E-state index >= 15 is 0 Å². The van der Waals surface area contributed by atoms with E-state index in [0.29, 0.717) is 17.2 Å². The Bertz CT molecular complexity index is 828. The van der Waals surface area contributed by atoms with Crippen molar-refractivity contribution in [2.75, 3.05) is 0 Å². The van der Waals surface area contributed by atoms with Gasteiger partial charge in [-0.25, -0.2) is 4.98 Å². The number of aromatic nitrogens is 1. The van der Waals surface area contributed by atoms with Crippen LogP contribution in [-0.2, 0) is 6.18 Å². The fourth-order valence-corrected chi connectivity index (χ4v) is 3.88. The minimum absolute atomic E-state index is 0.0517. The van der Waals surface area contributed by atoms with Crippen LogP contribution in [0, 0.1) is 11.3 Å². The molecule has 5 heteroatoms. The number of pyridine rings is 1. The van der Waals surface area contributed by atoms with Crippen molar-refractivity contribution in [3.05, 3.63) is 42.1 Å². The van der Waals surface area contributed by atoms with Gasteiger partial charge < -0.3 is 4.74 Å². The van der Waals surface area contributed by atoms with Gasteiger partial charge in [0.15, 0.2) is 0 Å². The van der Waals surface area contributed by atoms with E-state index in [1.54, 1.807) is 12.1 Å². The molecule has 1 aromatic heterocycles. The summed E-state index contributed by atoms with van der Waals surface area (Å²) in [5.74, 6) is 1.13. The van der Waals surface area contributed by atoms with Crippen LogP contribution < -0.4 is 4.74 Å². The van der Waals surface area contributed by atoms with E-state index in [0.717, 1.165) is 31.7 Å². The van der Waals surface area contributed by atoms with Crippen LogP contribution in [0.3, 0.4) is 0 Å². The minimum atomic E-state index is -4.46. The number of halogens is 3. The van der Waals surface area contributed by atoms with Gasteiger partial charge in [-0.05, 0) is 67.4 Å². The number of ether oxygens (including phenoxy) is 1. The van der Waals surface area contributed by atoms with E-state index in [2.05, 4.69) is 32.3 Å². The first-order chi connectivity index (χ1) is 12.6. The second-order valence-corrected chi connectivity index (χ2v) is 8.43. The van der Waals surface area contributed by atoms with Crippen LogP contribution in [-0.4, -0.2) is 11.1 Å². The second kappa shape index (κ2) is 7.17. The molecule has 2 nitrogen and oxygen atoms in total. The standard InChI is InChI=1S/C22H26F3NO/c1-5-15-12-19(22(23,24)25)18-13-17(10-11-20(18)26-15)27-16-8-6-14(7-9-16)21(2,3)4/h5,10-14,16H,1,6-9H2,2-4H3. The molecule has 0 radical (unpaired) electrons. The maximum absolute atomic E-state index is 13.5. The zero-order valence-corrected chi connectivity index (χ0v) is 16.1. The van der Waals surface area contributed by atoms with Gasteiger partial charge in [-0.2, -0.15) is 13.2 Å². The van der Waals surface area contributed by atoms with E-state index in [4.69, 9.17) is 4.74 Å². The van der Waals surface area contributed by atoms with Gasteiger partial charge in [0.25, 0.3) is 0 Å². The lowest BCUT2D eigenvalue weighted by Gasteiger charge is -2.37. The molecule has 1 saturated carbocycles. The van der Waals surface area contributed by atoms with Gasteiger partial charge in [0.05, 0.1) is 22.9 Å². The fraction of sp³-hybridized carbons (Fsp3) is 0.500. The van der Waals surface area contributed by atoms with Gasteiger partial charge in [0.2, 0.25) is 0 Å². The van der Waals surface area contributed by atoms with E-state index < -0.39 is 11.7 Å². The first kappa shape index (κ1) is 19.7. The van der Waals surface area contributed by atoms with Crippen molar-refractivity contribution in [1.82, 2.24) is 4.98 Å². The van der Waals surface area contributed by atoms with Crippen molar-refractivity contribution < 1.29 is 17.9 Å². The lowest BCUT2D eigenvalue weighted by Crippen LogP contribution is -2.30. The fourth-order valence-electron chi connectivity index (χ4n) is 3.88. The van der Waals surface area contributed by atoms with Crippen LogP contribution in [0.4, 0.5) is 13.2 Å². The van der Waals surface area contributed by atoms with E-state index in [1.165, 1.54) is 12.1 Å². The summed E-state index contributed by atoms with van der Waals surface area (Å²) in [7, 11) is 0. The Kier molecular flexibility index (Phi) is 5.24. The Hall–Kier alpha value is -2.04. The molecule has 1 aromatic carbocycles. The lowest BCUT2D eigenvalue weighted by atomic mass is 9.72. The number of hydrogen-bond donors (Lipinski definition) is 0. The average Bonchev–Trinajstić information content (AvgIpc) is 2.59. The number of fused-ring (bicyclic) bond motifs is 1. The Morgan fingerprint density at radius 3 is 2.30 bits per heavy atom. The van der Waals surface area contributed by atoms with Crippen molar-refractivity contribution >= 4 is 17.0 Å². The maximum atomic E-state index is 13.5. The summed E-state index contributed by atoms with van der Waals surface area (Å²) in [6, 6.07) is 5.80. The molecule has 0 saturated heterocycles. The molecule has 1 aliphatic carbocycles. The van der Waals surface area contributed by atoms with Crippen molar-refractivity contribution in [3.8, 4) is 5.75 Å². The second-order valence-electron chi connectivity index (χ2n) is 8.43. The molecule has 2 aromatic rings. The largest absolute Gasteiger partial charge is 0.490 e. The number of benzene rings is 1. The number of hydrogen-bond acceptors (Lipinski definition) is 2. The van der Waals surface area contributed by atoms with Crippen LogP contribution in [0.2, 0.25) is 0 Å². The number of nitrogens with zero attached hydrogens (tertiary/aromatic N) is 1. The molecule has 0 unspecified atom stereocenters. The molecule has 1 aliphatic rings. The molecule has 0 atom stereocenters. The van der Waals surface area contributed by atoms with Gasteiger partial charge in [-0.3, -0.25) is 0 Å². The van der Waals surface area contributed by atoms with E-state index in [9.17, 15) is 13.2 Å². The summed E-state index contributed by atoms with van der Waals surface area (Å²) in [6.07, 6.45) is 0.949. The van der Waals surface area contributed by atoms with Gasteiger partial charge in [-0.15, -0.1) is 0 Å². The zero-order chi connectivity index (χ0) is 19.8. The molecular weight excluding hydrogens is 351 g/mol. The first-order valence-corrected chi connectivity index (χ1v) is 9.39. The maximum Gasteiger partial charge on any atom is 0.417 e. The summed E-state index contributed by atoms with van der Waals surface area (Å²) in [4.78, 5) is 4.22. The van der Waals surface area contributed by atoms with Crippen molar-refractivity contribution in [1.29, 1.82) is 0 Å². The van der Waals surface area contributed by atoms with Crippen LogP contribution in [0.1, 0.15) is 57.7 Å². The Balaban J connectivity index is 1.84. The van der Waals surface area contributed by atoms with Crippen molar-refractivity contribution in [3.63, 3.8) is 0 Å². The third-order valence-corrected chi connectivity index (χ3v) is 5.52. The molecule has 3 rings (SSSR count). The summed E-state index contributed by atoms with van der Waals surface area (Å²) < 4.78 is 46.5. The third kappa shape index (κ3) is 4.45. The Morgan fingerprint density at radius 1 is 1.07 bits per heavy atom. The van der Waals surface area contributed by atoms with Crippen molar-refractivity contribution in [2.45, 2.75) is 58.7 Å². The highest BCUT2D eigenvalue weighted by atomic mass is 19.4. The molecule has 1 heterocycles. The minimum Gasteiger partial charge on any atom is -0.490 e. The first-order valence-electron chi connectivity index (χ1n) is 9.39. The predicted octanol–water partition coefficient (Wildman–Crippen LogP) is 6.88. The molecular formula is C22H26F3NO. The predicted molar refractivity (Wildman–Crippen MR) is 103 cm³/mol. The van der Waals surface area contributed by atoms with Crippen molar-refractivity contribution in [2.24, 2.45) is 11.3 Å². The molecule has 0 bridgehead atoms. The Morgan fingerprint density at radius 2 is 1.74 bits per heavy atom. The van der Waals surface area contributed by atoms with Crippen LogP contribution >= 0.6 is 0 Å². The quantitative estimate of drug-likeness (QED) is 0.581. The third-order valence-electron chi connectivity index (χ3n) is 5.52. The average molecular weight is 377 g/mol. The van der Waals surface area contributed by atoms with Gasteiger partial charge >= 0.3 is 6.18 Å². The molecule has 0 N–H and O–H groups in total. The molecule has 0 aliphatic heterocycles.